The highest BCUT2D eigenvalue weighted by Crippen LogP contribution is 2.27. The van der Waals surface area contributed by atoms with E-state index in [4.69, 9.17) is 0 Å². The fraction of sp³-hybridized carbons (Fsp3) is 0.652. The summed E-state index contributed by atoms with van der Waals surface area (Å²) in [5.41, 5.74) is 0.113. The van der Waals surface area contributed by atoms with Crippen molar-refractivity contribution in [3.05, 3.63) is 29.8 Å². The van der Waals surface area contributed by atoms with Crippen molar-refractivity contribution < 1.29 is 23.1 Å². The summed E-state index contributed by atoms with van der Waals surface area (Å²) in [6, 6.07) is 6.64. The maximum atomic E-state index is 13.1. The zero-order valence-electron chi connectivity index (χ0n) is 17.8. The molecule has 1 aromatic rings. The number of carbonyl (C=O) groups excluding carboxylic acids is 2. The van der Waals surface area contributed by atoms with Gasteiger partial charge in [-0.2, -0.15) is 8.78 Å². The first-order valence-electron chi connectivity index (χ1n) is 11.4. The Morgan fingerprint density at radius 2 is 1.61 bits per heavy atom. The molecule has 0 aliphatic carbocycles. The monoisotopic (exact) mass is 435 g/mol. The number of carbonyl (C=O) groups is 2. The van der Waals surface area contributed by atoms with E-state index in [1.54, 1.807) is 17.0 Å². The van der Waals surface area contributed by atoms with Crippen LogP contribution in [0.5, 0.6) is 5.75 Å². The summed E-state index contributed by atoms with van der Waals surface area (Å²) >= 11 is 0. The summed E-state index contributed by atoms with van der Waals surface area (Å²) < 4.78 is 29.9. The molecule has 3 fully saturated rings. The molecule has 1 aromatic carbocycles. The average molecular weight is 436 g/mol. The molecule has 0 radical (unpaired) electrons. The van der Waals surface area contributed by atoms with Gasteiger partial charge in [-0.05, 0) is 63.7 Å². The van der Waals surface area contributed by atoms with Gasteiger partial charge in [0.1, 0.15) is 5.75 Å². The number of ether oxygens (including phenoxy) is 1. The number of likely N-dealkylation sites (tertiary alicyclic amines) is 3. The minimum Gasteiger partial charge on any atom is -0.434 e. The van der Waals surface area contributed by atoms with Crippen LogP contribution in [0.25, 0.3) is 0 Å². The third kappa shape index (κ3) is 5.17. The van der Waals surface area contributed by atoms with Crippen LogP contribution in [0, 0.1) is 5.92 Å². The van der Waals surface area contributed by atoms with E-state index < -0.39 is 6.61 Å². The molecule has 3 saturated heterocycles. The molecule has 1 unspecified atom stereocenters. The standard InChI is InChI=1S/C23H31F2N3O3/c24-23(25)31-20-8-2-1-7-19(20)22(30)28-13-5-6-17(16-28)21(29)27-14-9-18(10-15-27)26-11-3-4-12-26/h1-2,7-8,17-18,23H,3-6,9-16H2. The number of amides is 2. The van der Waals surface area contributed by atoms with Crippen LogP contribution in [0.2, 0.25) is 0 Å². The van der Waals surface area contributed by atoms with Crippen molar-refractivity contribution in [2.24, 2.45) is 5.92 Å². The van der Waals surface area contributed by atoms with Crippen LogP contribution in [0.4, 0.5) is 8.78 Å². The Bertz CT molecular complexity index is 777. The molecule has 31 heavy (non-hydrogen) atoms. The lowest BCUT2D eigenvalue weighted by atomic mass is 9.94. The van der Waals surface area contributed by atoms with Crippen LogP contribution in [0.15, 0.2) is 24.3 Å². The lowest BCUT2D eigenvalue weighted by molar-refractivity contribution is -0.138. The lowest BCUT2D eigenvalue weighted by Gasteiger charge is -2.40. The van der Waals surface area contributed by atoms with Crippen molar-refractivity contribution >= 4 is 11.8 Å². The molecule has 1 atom stereocenters. The summed E-state index contributed by atoms with van der Waals surface area (Å²) in [7, 11) is 0. The molecule has 170 valence electrons. The number of hydrogen-bond acceptors (Lipinski definition) is 4. The highest BCUT2D eigenvalue weighted by molar-refractivity contribution is 5.97. The van der Waals surface area contributed by atoms with E-state index in [1.165, 1.54) is 38.1 Å². The Kier molecular flexibility index (Phi) is 7.05. The van der Waals surface area contributed by atoms with Gasteiger partial charge in [-0.25, -0.2) is 0 Å². The number of rotatable bonds is 5. The number of alkyl halides is 2. The van der Waals surface area contributed by atoms with E-state index >= 15 is 0 Å². The second-order valence-electron chi connectivity index (χ2n) is 8.76. The highest BCUT2D eigenvalue weighted by Gasteiger charge is 2.35. The second kappa shape index (κ2) is 9.94. The Balaban J connectivity index is 1.35. The molecule has 6 nitrogen and oxygen atoms in total. The van der Waals surface area contributed by atoms with Crippen molar-refractivity contribution in [3.8, 4) is 5.75 Å². The molecule has 2 amide bonds. The Morgan fingerprint density at radius 3 is 2.32 bits per heavy atom. The van der Waals surface area contributed by atoms with Crippen molar-refractivity contribution in [1.29, 1.82) is 0 Å². The predicted octanol–water partition coefficient (Wildman–Crippen LogP) is 3.23. The molecule has 3 aliphatic heterocycles. The maximum Gasteiger partial charge on any atom is 0.387 e. The van der Waals surface area contributed by atoms with E-state index in [2.05, 4.69) is 9.64 Å². The molecular weight excluding hydrogens is 404 g/mol. The van der Waals surface area contributed by atoms with Gasteiger partial charge in [-0.1, -0.05) is 12.1 Å². The van der Waals surface area contributed by atoms with Crippen molar-refractivity contribution in [2.75, 3.05) is 39.3 Å². The molecule has 0 aromatic heterocycles. The van der Waals surface area contributed by atoms with Crippen molar-refractivity contribution in [3.63, 3.8) is 0 Å². The summed E-state index contributed by atoms with van der Waals surface area (Å²) in [6.45, 7) is 1.75. The molecule has 4 rings (SSSR count). The summed E-state index contributed by atoms with van der Waals surface area (Å²) in [5.74, 6) is -0.597. The summed E-state index contributed by atoms with van der Waals surface area (Å²) in [5, 5.41) is 0. The van der Waals surface area contributed by atoms with Crippen LogP contribution >= 0.6 is 0 Å². The Hall–Kier alpha value is -2.22. The largest absolute Gasteiger partial charge is 0.434 e. The van der Waals surface area contributed by atoms with E-state index in [0.717, 1.165) is 38.8 Å². The molecule has 0 bridgehead atoms. The molecule has 0 saturated carbocycles. The third-order valence-corrected chi connectivity index (χ3v) is 6.82. The number of piperidine rings is 2. The first kappa shape index (κ1) is 22.0. The van der Waals surface area contributed by atoms with Gasteiger partial charge in [0.2, 0.25) is 5.91 Å². The van der Waals surface area contributed by atoms with Gasteiger partial charge in [0.15, 0.2) is 0 Å². The third-order valence-electron chi connectivity index (χ3n) is 6.82. The van der Waals surface area contributed by atoms with E-state index in [0.29, 0.717) is 19.1 Å². The zero-order chi connectivity index (χ0) is 21.8. The lowest BCUT2D eigenvalue weighted by Crippen LogP contribution is -2.51. The minimum atomic E-state index is -2.99. The molecule has 3 aliphatic rings. The van der Waals surface area contributed by atoms with E-state index in [9.17, 15) is 18.4 Å². The molecule has 8 heteroatoms. The molecule has 3 heterocycles. The van der Waals surface area contributed by atoms with Gasteiger partial charge < -0.3 is 19.4 Å². The number of nitrogens with zero attached hydrogens (tertiary/aromatic N) is 3. The number of benzene rings is 1. The first-order valence-corrected chi connectivity index (χ1v) is 11.4. The molecule has 0 N–H and O–H groups in total. The average Bonchev–Trinajstić information content (AvgIpc) is 3.33. The topological polar surface area (TPSA) is 53.1 Å². The second-order valence-corrected chi connectivity index (χ2v) is 8.76. The number of para-hydroxylation sites is 1. The minimum absolute atomic E-state index is 0.113. The SMILES string of the molecule is O=C(c1ccccc1OC(F)F)N1CCCC(C(=O)N2CCC(N3CCCC3)CC2)C1. The van der Waals surface area contributed by atoms with Gasteiger partial charge in [-0.3, -0.25) is 9.59 Å². The fourth-order valence-electron chi connectivity index (χ4n) is 5.19. The predicted molar refractivity (Wildman–Crippen MR) is 112 cm³/mol. The van der Waals surface area contributed by atoms with Crippen molar-refractivity contribution in [2.45, 2.75) is 51.2 Å². The van der Waals surface area contributed by atoms with E-state index in [1.807, 2.05) is 4.90 Å². The van der Waals surface area contributed by atoms with E-state index in [-0.39, 0.29) is 29.0 Å². The zero-order valence-corrected chi connectivity index (χ0v) is 17.8. The van der Waals surface area contributed by atoms with Gasteiger partial charge in [0.25, 0.3) is 5.91 Å². The highest BCUT2D eigenvalue weighted by atomic mass is 19.3. The van der Waals surface area contributed by atoms with Crippen LogP contribution in [-0.2, 0) is 4.79 Å². The number of halogens is 2. The van der Waals surface area contributed by atoms with Crippen LogP contribution in [0.3, 0.4) is 0 Å². The van der Waals surface area contributed by atoms with Gasteiger partial charge >= 0.3 is 6.61 Å². The summed E-state index contributed by atoms with van der Waals surface area (Å²) in [6.07, 6.45) is 6.06. The Labute approximate surface area is 182 Å². The molecular formula is C23H31F2N3O3. The smallest absolute Gasteiger partial charge is 0.387 e. The fourth-order valence-corrected chi connectivity index (χ4v) is 5.19. The van der Waals surface area contributed by atoms with Crippen LogP contribution < -0.4 is 4.74 Å². The normalized spacial score (nSPS) is 23.4. The summed E-state index contributed by atoms with van der Waals surface area (Å²) in [4.78, 5) is 32.3. The van der Waals surface area contributed by atoms with Crippen LogP contribution in [-0.4, -0.2) is 78.4 Å². The van der Waals surface area contributed by atoms with Crippen molar-refractivity contribution in [1.82, 2.24) is 14.7 Å². The number of hydrogen-bond donors (Lipinski definition) is 0. The Morgan fingerprint density at radius 1 is 0.903 bits per heavy atom. The van der Waals surface area contributed by atoms with Gasteiger partial charge in [-0.15, -0.1) is 0 Å². The maximum absolute atomic E-state index is 13.1. The van der Waals surface area contributed by atoms with Crippen LogP contribution in [0.1, 0.15) is 48.9 Å². The van der Waals surface area contributed by atoms with Gasteiger partial charge in [0.05, 0.1) is 11.5 Å². The first-order chi connectivity index (χ1) is 15.0. The molecule has 0 spiro atoms. The van der Waals surface area contributed by atoms with Gasteiger partial charge in [0, 0.05) is 32.2 Å². The quantitative estimate of drug-likeness (QED) is 0.713.